The van der Waals surface area contributed by atoms with Crippen molar-refractivity contribution in [2.24, 2.45) is 0 Å². The maximum Gasteiger partial charge on any atom is 0.137 e. The van der Waals surface area contributed by atoms with E-state index in [-0.39, 0.29) is 0 Å². The Labute approximate surface area is 111 Å². The van der Waals surface area contributed by atoms with Gasteiger partial charge in [0.2, 0.25) is 0 Å². The standard InChI is InChI=1S/C13H19BrN2O/c1-17-12-6-7-13(15-10-12)16-8-4-2-3-5-11(16)9-14/h6-7,10-11H,2-5,8-9H2,1H3. The first-order valence-electron chi connectivity index (χ1n) is 6.18. The number of nitrogens with zero attached hydrogens (tertiary/aromatic N) is 2. The van der Waals surface area contributed by atoms with Crippen LogP contribution in [0.1, 0.15) is 25.7 Å². The molecule has 0 amide bonds. The highest BCUT2D eigenvalue weighted by Crippen LogP contribution is 2.24. The van der Waals surface area contributed by atoms with E-state index in [0.717, 1.165) is 23.4 Å². The summed E-state index contributed by atoms with van der Waals surface area (Å²) < 4.78 is 5.14. The molecule has 0 N–H and O–H groups in total. The van der Waals surface area contributed by atoms with E-state index in [9.17, 15) is 0 Å². The highest BCUT2D eigenvalue weighted by molar-refractivity contribution is 9.09. The molecule has 94 valence electrons. The van der Waals surface area contributed by atoms with E-state index in [1.807, 2.05) is 6.07 Å². The number of hydrogen-bond donors (Lipinski definition) is 0. The number of pyridine rings is 1. The predicted octanol–water partition coefficient (Wildman–Crippen LogP) is 3.23. The summed E-state index contributed by atoms with van der Waals surface area (Å²) in [6.45, 7) is 1.11. The molecular formula is C13H19BrN2O. The first-order chi connectivity index (χ1) is 8.35. The average Bonchev–Trinajstić information content (AvgIpc) is 2.64. The van der Waals surface area contributed by atoms with E-state index in [1.54, 1.807) is 13.3 Å². The molecule has 0 radical (unpaired) electrons. The van der Waals surface area contributed by atoms with Crippen molar-refractivity contribution in [3.63, 3.8) is 0 Å². The molecule has 1 aromatic rings. The van der Waals surface area contributed by atoms with E-state index < -0.39 is 0 Å². The second-order valence-corrected chi connectivity index (χ2v) is 5.05. The van der Waals surface area contributed by atoms with Crippen molar-refractivity contribution in [1.82, 2.24) is 4.98 Å². The lowest BCUT2D eigenvalue weighted by atomic mass is 10.1. The third kappa shape index (κ3) is 3.12. The molecule has 0 spiro atoms. The Hall–Kier alpha value is -0.770. The zero-order valence-corrected chi connectivity index (χ0v) is 11.8. The zero-order valence-electron chi connectivity index (χ0n) is 10.2. The molecule has 1 aliphatic heterocycles. The Morgan fingerprint density at radius 2 is 2.29 bits per heavy atom. The van der Waals surface area contributed by atoms with Gasteiger partial charge in [0.1, 0.15) is 11.6 Å². The van der Waals surface area contributed by atoms with Crippen LogP contribution in [-0.4, -0.2) is 30.0 Å². The van der Waals surface area contributed by atoms with Crippen molar-refractivity contribution in [1.29, 1.82) is 0 Å². The van der Waals surface area contributed by atoms with Crippen LogP contribution >= 0.6 is 15.9 Å². The van der Waals surface area contributed by atoms with E-state index >= 15 is 0 Å². The molecule has 17 heavy (non-hydrogen) atoms. The van der Waals surface area contributed by atoms with Gasteiger partial charge in [0.05, 0.1) is 13.3 Å². The van der Waals surface area contributed by atoms with Crippen LogP contribution in [0, 0.1) is 0 Å². The van der Waals surface area contributed by atoms with E-state index in [0.29, 0.717) is 6.04 Å². The molecule has 2 rings (SSSR count). The number of halogens is 1. The Morgan fingerprint density at radius 1 is 1.41 bits per heavy atom. The molecule has 1 atom stereocenters. The van der Waals surface area contributed by atoms with Gasteiger partial charge in [0.25, 0.3) is 0 Å². The van der Waals surface area contributed by atoms with Crippen molar-refractivity contribution in [2.45, 2.75) is 31.7 Å². The number of aromatic nitrogens is 1. The van der Waals surface area contributed by atoms with Gasteiger partial charge < -0.3 is 9.64 Å². The van der Waals surface area contributed by atoms with Crippen molar-refractivity contribution in [3.05, 3.63) is 18.3 Å². The number of anilines is 1. The molecule has 0 aromatic carbocycles. The maximum atomic E-state index is 5.14. The van der Waals surface area contributed by atoms with Crippen LogP contribution in [0.25, 0.3) is 0 Å². The second kappa shape index (κ2) is 6.24. The molecule has 1 aromatic heterocycles. The van der Waals surface area contributed by atoms with E-state index in [2.05, 4.69) is 31.9 Å². The van der Waals surface area contributed by atoms with Gasteiger partial charge >= 0.3 is 0 Å². The predicted molar refractivity (Wildman–Crippen MR) is 74.2 cm³/mol. The zero-order chi connectivity index (χ0) is 12.1. The summed E-state index contributed by atoms with van der Waals surface area (Å²) in [4.78, 5) is 6.91. The first kappa shape index (κ1) is 12.7. The molecule has 3 nitrogen and oxygen atoms in total. The highest BCUT2D eigenvalue weighted by Gasteiger charge is 2.20. The summed E-state index contributed by atoms with van der Waals surface area (Å²) in [5, 5.41) is 1.01. The van der Waals surface area contributed by atoms with Crippen LogP contribution in [0.4, 0.5) is 5.82 Å². The van der Waals surface area contributed by atoms with Crippen molar-refractivity contribution >= 4 is 21.7 Å². The molecule has 1 saturated heterocycles. The molecule has 1 aliphatic rings. The fraction of sp³-hybridized carbons (Fsp3) is 0.615. The monoisotopic (exact) mass is 298 g/mol. The average molecular weight is 299 g/mol. The van der Waals surface area contributed by atoms with Gasteiger partial charge in [-0.25, -0.2) is 4.98 Å². The van der Waals surface area contributed by atoms with Crippen LogP contribution in [0.3, 0.4) is 0 Å². The largest absolute Gasteiger partial charge is 0.495 e. The quantitative estimate of drug-likeness (QED) is 0.801. The second-order valence-electron chi connectivity index (χ2n) is 4.41. The lowest BCUT2D eigenvalue weighted by Crippen LogP contribution is -2.36. The number of methoxy groups -OCH3 is 1. The third-order valence-electron chi connectivity index (χ3n) is 3.31. The first-order valence-corrected chi connectivity index (χ1v) is 7.30. The Kier molecular flexibility index (Phi) is 4.66. The molecule has 0 bridgehead atoms. The summed E-state index contributed by atoms with van der Waals surface area (Å²) in [6.07, 6.45) is 6.96. The Balaban J connectivity index is 2.16. The lowest BCUT2D eigenvalue weighted by molar-refractivity contribution is 0.413. The summed E-state index contributed by atoms with van der Waals surface area (Å²) in [7, 11) is 1.67. The van der Waals surface area contributed by atoms with Crippen molar-refractivity contribution < 1.29 is 4.74 Å². The number of ether oxygens (including phenoxy) is 1. The summed E-state index contributed by atoms with van der Waals surface area (Å²) >= 11 is 3.62. The molecule has 4 heteroatoms. The minimum atomic E-state index is 0.568. The number of hydrogen-bond acceptors (Lipinski definition) is 3. The van der Waals surface area contributed by atoms with Crippen LogP contribution in [0.2, 0.25) is 0 Å². The van der Waals surface area contributed by atoms with Gasteiger partial charge in [0.15, 0.2) is 0 Å². The molecule has 2 heterocycles. The third-order valence-corrected chi connectivity index (χ3v) is 4.05. The normalized spacial score (nSPS) is 21.1. The minimum absolute atomic E-state index is 0.568. The Morgan fingerprint density at radius 3 is 2.94 bits per heavy atom. The van der Waals surface area contributed by atoms with E-state index in [1.165, 1.54) is 25.7 Å². The lowest BCUT2D eigenvalue weighted by Gasteiger charge is -2.29. The maximum absolute atomic E-state index is 5.14. The molecule has 1 fully saturated rings. The van der Waals surface area contributed by atoms with Gasteiger partial charge in [-0.15, -0.1) is 0 Å². The molecular weight excluding hydrogens is 280 g/mol. The van der Waals surface area contributed by atoms with E-state index in [4.69, 9.17) is 4.74 Å². The fourth-order valence-corrected chi connectivity index (χ4v) is 2.98. The van der Waals surface area contributed by atoms with Gasteiger partial charge in [-0.2, -0.15) is 0 Å². The Bertz CT molecular complexity index is 342. The topological polar surface area (TPSA) is 25.4 Å². The summed E-state index contributed by atoms with van der Waals surface area (Å²) in [6, 6.07) is 4.61. The van der Waals surface area contributed by atoms with Crippen LogP contribution < -0.4 is 9.64 Å². The molecule has 0 saturated carbocycles. The minimum Gasteiger partial charge on any atom is -0.495 e. The van der Waals surface area contributed by atoms with Crippen LogP contribution in [-0.2, 0) is 0 Å². The van der Waals surface area contributed by atoms with Gasteiger partial charge in [0, 0.05) is 17.9 Å². The van der Waals surface area contributed by atoms with Gasteiger partial charge in [-0.05, 0) is 25.0 Å². The van der Waals surface area contributed by atoms with Gasteiger partial charge in [-0.3, -0.25) is 0 Å². The van der Waals surface area contributed by atoms with Crippen molar-refractivity contribution in [2.75, 3.05) is 23.9 Å². The van der Waals surface area contributed by atoms with Crippen molar-refractivity contribution in [3.8, 4) is 5.75 Å². The smallest absolute Gasteiger partial charge is 0.137 e. The number of rotatable bonds is 3. The van der Waals surface area contributed by atoms with Gasteiger partial charge in [-0.1, -0.05) is 28.8 Å². The van der Waals surface area contributed by atoms with Crippen LogP contribution in [0.15, 0.2) is 18.3 Å². The molecule has 0 aliphatic carbocycles. The highest BCUT2D eigenvalue weighted by atomic mass is 79.9. The summed E-state index contributed by atoms with van der Waals surface area (Å²) in [5.74, 6) is 1.89. The van der Waals surface area contributed by atoms with Crippen LogP contribution in [0.5, 0.6) is 5.75 Å². The fourth-order valence-electron chi connectivity index (χ4n) is 2.30. The summed E-state index contributed by atoms with van der Waals surface area (Å²) in [5.41, 5.74) is 0. The number of alkyl halides is 1. The SMILES string of the molecule is COc1ccc(N2CCCCCC2CBr)nc1. The molecule has 1 unspecified atom stereocenters.